The van der Waals surface area contributed by atoms with Gasteiger partial charge in [0.1, 0.15) is 6.04 Å². The average molecular weight is 344 g/mol. The second kappa shape index (κ2) is 9.57. The number of halogens is 1. The van der Waals surface area contributed by atoms with Crippen LogP contribution in [0.1, 0.15) is 49.6 Å². The van der Waals surface area contributed by atoms with Crippen molar-refractivity contribution in [2.24, 2.45) is 11.7 Å². The molecule has 0 aromatic carbocycles. The summed E-state index contributed by atoms with van der Waals surface area (Å²) in [5, 5.41) is 5.61. The quantitative estimate of drug-likeness (QED) is 0.734. The maximum absolute atomic E-state index is 12.2. The second-order valence-electron chi connectivity index (χ2n) is 5.92. The van der Waals surface area contributed by atoms with Crippen LogP contribution in [0.3, 0.4) is 0 Å². The van der Waals surface area contributed by atoms with Crippen LogP contribution in [0.2, 0.25) is 0 Å². The Bertz CT molecular complexity index is 487. The molecule has 130 valence electrons. The molecule has 7 heteroatoms. The van der Waals surface area contributed by atoms with Crippen LogP contribution in [0.25, 0.3) is 0 Å². The van der Waals surface area contributed by atoms with Crippen LogP contribution in [0.5, 0.6) is 0 Å². The zero-order valence-corrected chi connectivity index (χ0v) is 14.2. The molecule has 1 aromatic rings. The number of hydrogen-bond donors (Lipinski definition) is 3. The average Bonchev–Trinajstić information content (AvgIpc) is 3.07. The van der Waals surface area contributed by atoms with Crippen LogP contribution in [-0.2, 0) is 4.79 Å². The highest BCUT2D eigenvalue weighted by molar-refractivity contribution is 5.95. The van der Waals surface area contributed by atoms with E-state index in [4.69, 9.17) is 10.2 Å². The molecule has 2 atom stereocenters. The van der Waals surface area contributed by atoms with Gasteiger partial charge in [-0.2, -0.15) is 0 Å². The summed E-state index contributed by atoms with van der Waals surface area (Å²) in [6.45, 7) is 2.08. The summed E-state index contributed by atoms with van der Waals surface area (Å²) in [6.07, 6.45) is 7.29. The minimum absolute atomic E-state index is 0. The lowest BCUT2D eigenvalue weighted by Gasteiger charge is -2.30. The van der Waals surface area contributed by atoms with Crippen LogP contribution in [0, 0.1) is 5.92 Å². The van der Waals surface area contributed by atoms with Gasteiger partial charge in [-0.05, 0) is 37.8 Å². The molecule has 1 aliphatic carbocycles. The number of nitrogens with one attached hydrogen (secondary N) is 2. The first-order chi connectivity index (χ1) is 10.6. The lowest BCUT2D eigenvalue weighted by atomic mass is 9.84. The normalized spacial score (nSPS) is 17.7. The molecule has 0 radical (unpaired) electrons. The molecular weight excluding hydrogens is 318 g/mol. The highest BCUT2D eigenvalue weighted by Crippen LogP contribution is 2.26. The molecule has 1 heterocycles. The van der Waals surface area contributed by atoms with Gasteiger partial charge in [0.25, 0.3) is 5.91 Å². The van der Waals surface area contributed by atoms with E-state index in [0.717, 1.165) is 12.8 Å². The van der Waals surface area contributed by atoms with Gasteiger partial charge in [0.15, 0.2) is 5.76 Å². The first-order valence-corrected chi connectivity index (χ1v) is 7.96. The Morgan fingerprint density at radius 3 is 2.57 bits per heavy atom. The maximum Gasteiger partial charge on any atom is 0.287 e. The summed E-state index contributed by atoms with van der Waals surface area (Å²) in [5.74, 6) is 0.0357. The number of furan rings is 1. The zero-order chi connectivity index (χ0) is 15.9. The first-order valence-electron chi connectivity index (χ1n) is 7.96. The Labute approximate surface area is 143 Å². The van der Waals surface area contributed by atoms with Gasteiger partial charge in [0, 0.05) is 12.6 Å². The smallest absolute Gasteiger partial charge is 0.287 e. The molecule has 0 aliphatic heterocycles. The van der Waals surface area contributed by atoms with Crippen LogP contribution < -0.4 is 16.4 Å². The van der Waals surface area contributed by atoms with Gasteiger partial charge in [-0.1, -0.05) is 19.3 Å². The fraction of sp³-hybridized carbons (Fsp3) is 0.625. The second-order valence-corrected chi connectivity index (χ2v) is 5.92. The van der Waals surface area contributed by atoms with E-state index in [1.165, 1.54) is 25.5 Å². The summed E-state index contributed by atoms with van der Waals surface area (Å²) in [6, 6.07) is 2.55. The first kappa shape index (κ1) is 19.5. The highest BCUT2D eigenvalue weighted by Gasteiger charge is 2.26. The summed E-state index contributed by atoms with van der Waals surface area (Å²) < 4.78 is 5.01. The number of carbonyl (C=O) groups is 2. The van der Waals surface area contributed by atoms with E-state index in [9.17, 15) is 9.59 Å². The molecule has 1 saturated carbocycles. The molecule has 0 bridgehead atoms. The summed E-state index contributed by atoms with van der Waals surface area (Å²) in [4.78, 5) is 24.1. The third-order valence-corrected chi connectivity index (χ3v) is 4.29. The standard InChI is InChI=1S/C16H25N3O3.ClH/c1-11(18-16(21)14-8-5-9-22-14)15(20)19-13(10-17)12-6-3-2-4-7-12;/h5,8-9,11-13H,2-4,6-7,10,17H2,1H3,(H,18,21)(H,19,20);1H. The van der Waals surface area contributed by atoms with Crippen molar-refractivity contribution in [1.29, 1.82) is 0 Å². The fourth-order valence-corrected chi connectivity index (χ4v) is 2.95. The Morgan fingerprint density at radius 2 is 2.00 bits per heavy atom. The Hall–Kier alpha value is -1.53. The SMILES string of the molecule is CC(NC(=O)c1ccco1)C(=O)NC(CN)C1CCCCC1.Cl. The van der Waals surface area contributed by atoms with Gasteiger partial charge in [0.2, 0.25) is 5.91 Å². The maximum atomic E-state index is 12.2. The Kier molecular flexibility index (Phi) is 8.12. The van der Waals surface area contributed by atoms with Crippen LogP contribution in [0.15, 0.2) is 22.8 Å². The van der Waals surface area contributed by atoms with E-state index in [1.54, 1.807) is 19.1 Å². The van der Waals surface area contributed by atoms with Crippen molar-refractivity contribution in [3.8, 4) is 0 Å². The van der Waals surface area contributed by atoms with Crippen molar-refractivity contribution in [2.75, 3.05) is 6.54 Å². The van der Waals surface area contributed by atoms with Crippen LogP contribution in [-0.4, -0.2) is 30.4 Å². The highest BCUT2D eigenvalue weighted by atomic mass is 35.5. The molecule has 1 aromatic heterocycles. The van der Waals surface area contributed by atoms with Crippen LogP contribution in [0.4, 0.5) is 0 Å². The Morgan fingerprint density at radius 1 is 1.30 bits per heavy atom. The third-order valence-electron chi connectivity index (χ3n) is 4.29. The van der Waals surface area contributed by atoms with Crippen LogP contribution >= 0.6 is 12.4 Å². The predicted octanol–water partition coefficient (Wildman–Crippen LogP) is 1.84. The fourth-order valence-electron chi connectivity index (χ4n) is 2.95. The van der Waals surface area contributed by atoms with E-state index in [-0.39, 0.29) is 30.1 Å². The minimum atomic E-state index is -0.629. The number of carbonyl (C=O) groups excluding carboxylic acids is 2. The molecule has 0 saturated heterocycles. The van der Waals surface area contributed by atoms with Crippen molar-refractivity contribution in [3.05, 3.63) is 24.2 Å². The van der Waals surface area contributed by atoms with Crippen molar-refractivity contribution < 1.29 is 14.0 Å². The van der Waals surface area contributed by atoms with Crippen molar-refractivity contribution in [3.63, 3.8) is 0 Å². The topological polar surface area (TPSA) is 97.4 Å². The van der Waals surface area contributed by atoms with Crippen molar-refractivity contribution in [1.82, 2.24) is 10.6 Å². The van der Waals surface area contributed by atoms with E-state index in [1.807, 2.05) is 0 Å². The van der Waals surface area contributed by atoms with Crippen molar-refractivity contribution >= 4 is 24.2 Å². The number of hydrogen-bond acceptors (Lipinski definition) is 4. The van der Waals surface area contributed by atoms with Gasteiger partial charge >= 0.3 is 0 Å². The lowest BCUT2D eigenvalue weighted by molar-refractivity contribution is -0.123. The largest absolute Gasteiger partial charge is 0.459 e. The molecule has 1 fully saturated rings. The van der Waals surface area contributed by atoms with Crippen molar-refractivity contribution in [2.45, 2.75) is 51.1 Å². The predicted molar refractivity (Wildman–Crippen MR) is 90.4 cm³/mol. The number of rotatable bonds is 6. The molecule has 6 nitrogen and oxygen atoms in total. The number of amides is 2. The zero-order valence-electron chi connectivity index (χ0n) is 13.4. The molecular formula is C16H26ClN3O3. The summed E-state index contributed by atoms with van der Waals surface area (Å²) in [7, 11) is 0. The molecule has 1 aliphatic rings. The van der Waals surface area contributed by atoms with E-state index in [2.05, 4.69) is 10.6 Å². The van der Waals surface area contributed by atoms with E-state index >= 15 is 0 Å². The van der Waals surface area contributed by atoms with Gasteiger partial charge in [-0.3, -0.25) is 9.59 Å². The van der Waals surface area contributed by atoms with E-state index in [0.29, 0.717) is 12.5 Å². The number of nitrogens with two attached hydrogens (primary N) is 1. The van der Waals surface area contributed by atoms with Gasteiger partial charge in [-0.25, -0.2) is 0 Å². The third kappa shape index (κ3) is 5.55. The lowest BCUT2D eigenvalue weighted by Crippen LogP contribution is -2.52. The van der Waals surface area contributed by atoms with Gasteiger partial charge in [-0.15, -0.1) is 12.4 Å². The molecule has 0 spiro atoms. The molecule has 2 amide bonds. The van der Waals surface area contributed by atoms with Gasteiger partial charge < -0.3 is 20.8 Å². The molecule has 2 unspecified atom stereocenters. The van der Waals surface area contributed by atoms with Gasteiger partial charge in [0.05, 0.1) is 6.26 Å². The Balaban J connectivity index is 0.00000264. The molecule has 23 heavy (non-hydrogen) atoms. The summed E-state index contributed by atoms with van der Waals surface area (Å²) in [5.41, 5.74) is 5.81. The molecule has 4 N–H and O–H groups in total. The summed E-state index contributed by atoms with van der Waals surface area (Å²) >= 11 is 0. The van der Waals surface area contributed by atoms with E-state index < -0.39 is 11.9 Å². The monoisotopic (exact) mass is 343 g/mol. The molecule has 2 rings (SSSR count). The minimum Gasteiger partial charge on any atom is -0.459 e.